The van der Waals surface area contributed by atoms with Crippen molar-refractivity contribution in [2.24, 2.45) is 0 Å². The van der Waals surface area contributed by atoms with Gasteiger partial charge in [0.1, 0.15) is 0 Å². The van der Waals surface area contributed by atoms with Gasteiger partial charge in [0.15, 0.2) is 11.5 Å². The number of hydrogen-bond acceptors (Lipinski definition) is 9. The summed E-state index contributed by atoms with van der Waals surface area (Å²) in [5.41, 5.74) is 1.29. The molecule has 3 aromatic rings. The minimum Gasteiger partial charge on any atom is -0.475 e. The highest BCUT2D eigenvalue weighted by Crippen LogP contribution is 2.25. The van der Waals surface area contributed by atoms with Crippen LogP contribution in [0.5, 0.6) is 0 Å². The molecule has 0 saturated carbocycles. The van der Waals surface area contributed by atoms with Gasteiger partial charge in [0.25, 0.3) is 5.91 Å². The molecule has 0 radical (unpaired) electrons. The Labute approximate surface area is 215 Å². The number of ether oxygens (including phenoxy) is 1. The maximum Gasteiger partial charge on any atom is 0.490 e. The summed E-state index contributed by atoms with van der Waals surface area (Å²) >= 11 is 0. The van der Waals surface area contributed by atoms with Crippen molar-refractivity contribution < 1.29 is 32.6 Å². The molecule has 0 aromatic carbocycles. The molecule has 2 atom stereocenters. The number of anilines is 1. The molecule has 2 saturated heterocycles. The standard InChI is InChI=1S/C21H26N8O2.C2HF3O2/c1-27-9-10-28(21-22-7-3-8-23-21)14-17(27)19-26-25-18-6-5-15(13-29(18)19)20(30)24-12-16-4-2-11-31-16;3-2(4,5)1(6)7/h3,5-8,13,16-17H,2,4,9-12,14H2,1H3,(H,24,30);(H,6,7). The largest absolute Gasteiger partial charge is 0.490 e. The molecule has 0 spiro atoms. The minimum atomic E-state index is -5.08. The Morgan fingerprint density at radius 1 is 1.18 bits per heavy atom. The van der Waals surface area contributed by atoms with Crippen molar-refractivity contribution in [2.75, 3.05) is 44.7 Å². The van der Waals surface area contributed by atoms with Crippen LogP contribution in [0.2, 0.25) is 0 Å². The van der Waals surface area contributed by atoms with E-state index in [1.807, 2.05) is 22.7 Å². The first-order valence-electron chi connectivity index (χ1n) is 11.9. The van der Waals surface area contributed by atoms with Crippen LogP contribution in [0.25, 0.3) is 5.65 Å². The van der Waals surface area contributed by atoms with Gasteiger partial charge in [0, 0.05) is 51.4 Å². The monoisotopic (exact) mass is 536 g/mol. The molecule has 204 valence electrons. The summed E-state index contributed by atoms with van der Waals surface area (Å²) in [5.74, 6) is -1.36. The van der Waals surface area contributed by atoms with Crippen LogP contribution >= 0.6 is 0 Å². The number of likely N-dealkylation sites (N-methyl/N-ethyl adjacent to an activating group) is 1. The lowest BCUT2D eigenvalue weighted by Crippen LogP contribution is -2.48. The van der Waals surface area contributed by atoms with E-state index in [4.69, 9.17) is 14.6 Å². The summed E-state index contributed by atoms with van der Waals surface area (Å²) < 4.78 is 39.2. The van der Waals surface area contributed by atoms with E-state index >= 15 is 0 Å². The average molecular weight is 537 g/mol. The van der Waals surface area contributed by atoms with Gasteiger partial charge in [0.05, 0.1) is 17.7 Å². The van der Waals surface area contributed by atoms with Crippen LogP contribution in [-0.4, -0.2) is 98.6 Å². The van der Waals surface area contributed by atoms with Gasteiger partial charge in [-0.05, 0) is 38.1 Å². The van der Waals surface area contributed by atoms with Gasteiger partial charge in [-0.15, -0.1) is 10.2 Å². The quantitative estimate of drug-likeness (QED) is 0.494. The number of carbonyl (C=O) groups excluding carboxylic acids is 1. The Morgan fingerprint density at radius 3 is 2.58 bits per heavy atom. The summed E-state index contributed by atoms with van der Waals surface area (Å²) in [6, 6.07) is 5.43. The van der Waals surface area contributed by atoms with E-state index in [1.54, 1.807) is 18.5 Å². The first kappa shape index (κ1) is 27.2. The molecule has 3 aromatic heterocycles. The Kier molecular flexibility index (Phi) is 8.36. The van der Waals surface area contributed by atoms with Crippen molar-refractivity contribution in [2.45, 2.75) is 31.2 Å². The van der Waals surface area contributed by atoms with Gasteiger partial charge in [-0.2, -0.15) is 13.2 Å². The molecule has 2 unspecified atom stereocenters. The zero-order valence-electron chi connectivity index (χ0n) is 20.5. The highest BCUT2D eigenvalue weighted by Gasteiger charge is 2.38. The van der Waals surface area contributed by atoms with Crippen LogP contribution in [-0.2, 0) is 9.53 Å². The molecule has 2 N–H and O–H groups in total. The van der Waals surface area contributed by atoms with E-state index in [0.717, 1.165) is 38.4 Å². The number of aliphatic carboxylic acids is 1. The molecule has 2 aliphatic heterocycles. The Hall–Kier alpha value is -3.85. The lowest BCUT2D eigenvalue weighted by Gasteiger charge is -2.38. The number of amides is 1. The second-order valence-electron chi connectivity index (χ2n) is 8.84. The Morgan fingerprint density at radius 2 is 1.92 bits per heavy atom. The topological polar surface area (TPSA) is 138 Å². The van der Waals surface area contributed by atoms with Crippen molar-refractivity contribution in [1.29, 1.82) is 0 Å². The smallest absolute Gasteiger partial charge is 0.475 e. The number of aromatic nitrogens is 5. The van der Waals surface area contributed by atoms with Crippen LogP contribution in [0.3, 0.4) is 0 Å². The number of carboxylic acid groups (broad SMARTS) is 1. The van der Waals surface area contributed by atoms with Crippen LogP contribution in [0, 0.1) is 0 Å². The first-order valence-corrected chi connectivity index (χ1v) is 11.9. The normalized spacial score (nSPS) is 20.2. The van der Waals surface area contributed by atoms with E-state index < -0.39 is 12.1 Å². The van der Waals surface area contributed by atoms with Gasteiger partial charge in [-0.1, -0.05) is 0 Å². The van der Waals surface area contributed by atoms with Crippen molar-refractivity contribution in [1.82, 2.24) is 34.8 Å². The molecular formula is C23H27F3N8O4. The molecule has 5 heterocycles. The fraction of sp³-hybridized carbons (Fsp3) is 0.478. The van der Waals surface area contributed by atoms with E-state index in [1.165, 1.54) is 0 Å². The van der Waals surface area contributed by atoms with Crippen LogP contribution in [0.15, 0.2) is 36.8 Å². The fourth-order valence-corrected chi connectivity index (χ4v) is 4.17. The molecule has 38 heavy (non-hydrogen) atoms. The third-order valence-electron chi connectivity index (χ3n) is 6.23. The fourth-order valence-electron chi connectivity index (χ4n) is 4.17. The number of halogens is 3. The Bertz CT molecular complexity index is 1250. The first-order chi connectivity index (χ1) is 18.1. The van der Waals surface area contributed by atoms with Gasteiger partial charge in [-0.3, -0.25) is 14.1 Å². The summed E-state index contributed by atoms with van der Waals surface area (Å²) in [6.45, 7) is 3.68. The molecule has 15 heteroatoms. The molecule has 2 fully saturated rings. The van der Waals surface area contributed by atoms with Crippen molar-refractivity contribution in [3.8, 4) is 0 Å². The maximum atomic E-state index is 12.7. The highest BCUT2D eigenvalue weighted by molar-refractivity contribution is 5.94. The predicted molar refractivity (Wildman–Crippen MR) is 128 cm³/mol. The number of nitrogens with zero attached hydrogens (tertiary/aromatic N) is 7. The van der Waals surface area contributed by atoms with E-state index in [9.17, 15) is 18.0 Å². The molecule has 0 aliphatic carbocycles. The summed E-state index contributed by atoms with van der Waals surface area (Å²) in [4.78, 5) is 34.8. The van der Waals surface area contributed by atoms with E-state index in [0.29, 0.717) is 30.2 Å². The minimum absolute atomic E-state index is 0.00208. The lowest BCUT2D eigenvalue weighted by atomic mass is 10.1. The zero-order valence-corrected chi connectivity index (χ0v) is 20.5. The second kappa shape index (κ2) is 11.7. The predicted octanol–water partition coefficient (Wildman–Crippen LogP) is 1.55. The zero-order chi connectivity index (χ0) is 27.3. The molecule has 1 amide bonds. The number of carbonyl (C=O) groups is 2. The molecule has 0 bridgehead atoms. The van der Waals surface area contributed by atoms with Gasteiger partial charge in [-0.25, -0.2) is 14.8 Å². The number of rotatable bonds is 5. The second-order valence-corrected chi connectivity index (χ2v) is 8.84. The summed E-state index contributed by atoms with van der Waals surface area (Å²) in [7, 11) is 2.08. The Balaban J connectivity index is 0.000000426. The average Bonchev–Trinajstić information content (AvgIpc) is 3.58. The van der Waals surface area contributed by atoms with Crippen molar-refractivity contribution in [3.05, 3.63) is 48.2 Å². The van der Waals surface area contributed by atoms with E-state index in [-0.39, 0.29) is 18.1 Å². The van der Waals surface area contributed by atoms with Crippen LogP contribution in [0.4, 0.5) is 19.1 Å². The van der Waals surface area contributed by atoms with Gasteiger partial charge >= 0.3 is 12.1 Å². The number of nitrogens with one attached hydrogen (secondary N) is 1. The number of pyridine rings is 1. The molecule has 5 rings (SSSR count). The number of alkyl halides is 3. The highest BCUT2D eigenvalue weighted by atomic mass is 19.4. The van der Waals surface area contributed by atoms with Gasteiger partial charge in [0.2, 0.25) is 5.95 Å². The number of hydrogen-bond donors (Lipinski definition) is 2. The molecule has 2 aliphatic rings. The molecule has 12 nitrogen and oxygen atoms in total. The maximum absolute atomic E-state index is 12.7. The SMILES string of the molecule is CN1CCN(c2ncccn2)CC1c1nnc2ccc(C(=O)NCC3CCCO3)cn12.O=C(O)C(F)(F)F. The number of fused-ring (bicyclic) bond motifs is 1. The third-order valence-corrected chi connectivity index (χ3v) is 6.23. The summed E-state index contributed by atoms with van der Waals surface area (Å²) in [5, 5.41) is 18.9. The summed E-state index contributed by atoms with van der Waals surface area (Å²) in [6.07, 6.45) is 2.40. The van der Waals surface area contributed by atoms with Crippen LogP contribution < -0.4 is 10.2 Å². The van der Waals surface area contributed by atoms with E-state index in [2.05, 4.69) is 42.3 Å². The lowest BCUT2D eigenvalue weighted by molar-refractivity contribution is -0.192. The molecular weight excluding hydrogens is 509 g/mol. The van der Waals surface area contributed by atoms with Crippen LogP contribution in [0.1, 0.15) is 35.1 Å². The number of piperazine rings is 1. The van der Waals surface area contributed by atoms with Crippen molar-refractivity contribution >= 4 is 23.5 Å². The number of carboxylic acids is 1. The van der Waals surface area contributed by atoms with Crippen molar-refractivity contribution in [3.63, 3.8) is 0 Å². The third kappa shape index (κ3) is 6.52. The van der Waals surface area contributed by atoms with Gasteiger partial charge < -0.3 is 20.1 Å².